The van der Waals surface area contributed by atoms with Gasteiger partial charge in [0.15, 0.2) is 9.84 Å². The summed E-state index contributed by atoms with van der Waals surface area (Å²) in [7, 11) is -3.32. The van der Waals surface area contributed by atoms with Crippen molar-refractivity contribution in [3.8, 4) is 0 Å². The quantitative estimate of drug-likeness (QED) is 0.767. The van der Waals surface area contributed by atoms with E-state index in [1.54, 1.807) is 36.4 Å². The Hall–Kier alpha value is -1.13. The van der Waals surface area contributed by atoms with Gasteiger partial charge in [-0.1, -0.05) is 30.4 Å². The predicted molar refractivity (Wildman–Crippen MR) is 57.2 cm³/mol. The Kier molecular flexibility index (Phi) is 2.63. The fraction of sp³-hybridized carbons (Fsp3) is 0.273. The maximum Gasteiger partial charge on any atom is 0.184 e. The molecule has 0 heterocycles. The van der Waals surface area contributed by atoms with Crippen molar-refractivity contribution in [3.05, 3.63) is 42.5 Å². The molecule has 2 rings (SSSR count). The Morgan fingerprint density at radius 2 is 1.80 bits per heavy atom. The number of sulfone groups is 1. The van der Waals surface area contributed by atoms with Gasteiger partial charge in [0.2, 0.25) is 0 Å². The first-order valence-electron chi connectivity index (χ1n) is 4.76. The van der Waals surface area contributed by atoms with Gasteiger partial charge >= 0.3 is 0 Å². The van der Waals surface area contributed by atoms with Crippen molar-refractivity contribution in [3.63, 3.8) is 0 Å². The minimum Gasteiger partial charge on any atom is -0.389 e. The molecule has 0 aliphatic heterocycles. The lowest BCUT2D eigenvalue weighted by Crippen LogP contribution is -2.19. The molecule has 1 aromatic carbocycles. The van der Waals surface area contributed by atoms with Gasteiger partial charge in [0.25, 0.3) is 0 Å². The number of hydrogen-bond acceptors (Lipinski definition) is 3. The number of rotatable bonds is 2. The van der Waals surface area contributed by atoms with E-state index in [2.05, 4.69) is 0 Å². The molecule has 0 amide bonds. The Balaban J connectivity index is 2.33. The van der Waals surface area contributed by atoms with Crippen molar-refractivity contribution in [2.45, 2.75) is 22.7 Å². The first-order chi connectivity index (χ1) is 7.10. The molecule has 15 heavy (non-hydrogen) atoms. The summed E-state index contributed by atoms with van der Waals surface area (Å²) >= 11 is 0. The minimum atomic E-state index is -3.32. The van der Waals surface area contributed by atoms with Crippen molar-refractivity contribution in [2.75, 3.05) is 0 Å². The highest BCUT2D eigenvalue weighted by Gasteiger charge is 2.30. The average molecular weight is 224 g/mol. The zero-order chi connectivity index (χ0) is 10.9. The van der Waals surface area contributed by atoms with Crippen molar-refractivity contribution < 1.29 is 13.5 Å². The second kappa shape index (κ2) is 3.79. The van der Waals surface area contributed by atoms with Gasteiger partial charge in [-0.2, -0.15) is 0 Å². The van der Waals surface area contributed by atoms with Gasteiger partial charge in [-0.25, -0.2) is 8.42 Å². The van der Waals surface area contributed by atoms with Gasteiger partial charge in [-0.05, 0) is 18.6 Å². The Morgan fingerprint density at radius 3 is 2.33 bits per heavy atom. The van der Waals surface area contributed by atoms with Crippen LogP contribution in [0.1, 0.15) is 6.42 Å². The monoisotopic (exact) mass is 224 g/mol. The molecule has 0 saturated heterocycles. The van der Waals surface area contributed by atoms with Crippen LogP contribution >= 0.6 is 0 Å². The fourth-order valence-electron chi connectivity index (χ4n) is 1.66. The lowest BCUT2D eigenvalue weighted by molar-refractivity contribution is 0.223. The van der Waals surface area contributed by atoms with Crippen LogP contribution in [-0.4, -0.2) is 24.9 Å². The Bertz CT molecular complexity index is 462. The topological polar surface area (TPSA) is 54.4 Å². The second-order valence-electron chi connectivity index (χ2n) is 3.58. The number of hydrogen-bond donors (Lipinski definition) is 1. The summed E-state index contributed by atoms with van der Waals surface area (Å²) < 4.78 is 24.0. The van der Waals surface area contributed by atoms with Gasteiger partial charge in [0.1, 0.15) is 0 Å². The number of benzene rings is 1. The lowest BCUT2D eigenvalue weighted by Gasteiger charge is -2.10. The number of aliphatic hydroxyl groups excluding tert-OH is 1. The molecule has 1 aliphatic carbocycles. The van der Waals surface area contributed by atoms with Crippen molar-refractivity contribution in [1.82, 2.24) is 0 Å². The van der Waals surface area contributed by atoms with Crippen molar-refractivity contribution in [2.24, 2.45) is 0 Å². The van der Waals surface area contributed by atoms with E-state index in [0.29, 0.717) is 4.90 Å². The summed E-state index contributed by atoms with van der Waals surface area (Å²) in [5.41, 5.74) is 0. The largest absolute Gasteiger partial charge is 0.389 e. The van der Waals surface area contributed by atoms with Crippen LogP contribution in [0, 0.1) is 0 Å². The van der Waals surface area contributed by atoms with Crippen molar-refractivity contribution >= 4 is 9.84 Å². The molecular weight excluding hydrogens is 212 g/mol. The predicted octanol–water partition coefficient (Wildman–Crippen LogP) is 1.15. The maximum absolute atomic E-state index is 12.0. The molecule has 2 atom stereocenters. The molecule has 3 nitrogen and oxygen atoms in total. The van der Waals surface area contributed by atoms with Crippen LogP contribution < -0.4 is 0 Å². The van der Waals surface area contributed by atoms with Gasteiger partial charge in [0.05, 0.1) is 16.2 Å². The zero-order valence-electron chi connectivity index (χ0n) is 8.08. The van der Waals surface area contributed by atoms with E-state index >= 15 is 0 Å². The van der Waals surface area contributed by atoms with Gasteiger partial charge < -0.3 is 5.11 Å². The Labute approximate surface area is 89.0 Å². The molecule has 4 heteroatoms. The first-order valence-corrected chi connectivity index (χ1v) is 6.30. The van der Waals surface area contributed by atoms with Gasteiger partial charge in [-0.3, -0.25) is 0 Å². The molecule has 1 aliphatic rings. The molecule has 0 saturated carbocycles. The van der Waals surface area contributed by atoms with Crippen LogP contribution in [0.15, 0.2) is 47.4 Å². The third kappa shape index (κ3) is 1.96. The van der Waals surface area contributed by atoms with Crippen LogP contribution in [0.25, 0.3) is 0 Å². The van der Waals surface area contributed by atoms with E-state index in [4.69, 9.17) is 0 Å². The molecule has 0 unspecified atom stereocenters. The van der Waals surface area contributed by atoms with E-state index in [0.717, 1.165) is 0 Å². The van der Waals surface area contributed by atoms with E-state index < -0.39 is 21.2 Å². The van der Waals surface area contributed by atoms with Crippen LogP contribution in [0.2, 0.25) is 0 Å². The van der Waals surface area contributed by atoms with E-state index in [1.165, 1.54) is 6.08 Å². The summed E-state index contributed by atoms with van der Waals surface area (Å²) in [5, 5.41) is 8.67. The van der Waals surface area contributed by atoms with Crippen LogP contribution in [-0.2, 0) is 9.84 Å². The summed E-state index contributed by atoms with van der Waals surface area (Å²) in [6.45, 7) is 0. The highest BCUT2D eigenvalue weighted by Crippen LogP contribution is 2.24. The molecule has 80 valence electrons. The molecule has 0 bridgehead atoms. The molecule has 0 aromatic heterocycles. The standard InChI is InChI=1S/C11H12O3S/c12-9-6-7-11(8-9)15(13,14)10-4-2-1-3-5-10/h1-7,9,11-12H,8H2/t9-,11+/m0/s1. The Morgan fingerprint density at radius 1 is 1.13 bits per heavy atom. The molecule has 0 fully saturated rings. The molecular formula is C11H12O3S. The first kappa shape index (κ1) is 10.4. The normalized spacial score (nSPS) is 25.7. The minimum absolute atomic E-state index is 0.261. The summed E-state index contributed by atoms with van der Waals surface area (Å²) in [6, 6.07) is 8.32. The van der Waals surface area contributed by atoms with Crippen LogP contribution in [0.5, 0.6) is 0 Å². The van der Waals surface area contributed by atoms with E-state index in [-0.39, 0.29) is 6.42 Å². The molecule has 1 N–H and O–H groups in total. The van der Waals surface area contributed by atoms with Crippen molar-refractivity contribution in [1.29, 1.82) is 0 Å². The number of aliphatic hydroxyl groups is 1. The third-order valence-corrected chi connectivity index (χ3v) is 4.57. The molecule has 1 aromatic rings. The van der Waals surface area contributed by atoms with Crippen LogP contribution in [0.3, 0.4) is 0 Å². The average Bonchev–Trinajstić information content (AvgIpc) is 2.67. The lowest BCUT2D eigenvalue weighted by atomic mass is 10.3. The van der Waals surface area contributed by atoms with Crippen LogP contribution in [0.4, 0.5) is 0 Å². The molecule has 0 spiro atoms. The van der Waals surface area contributed by atoms with E-state index in [1.807, 2.05) is 0 Å². The SMILES string of the molecule is O=S(=O)(c1ccccc1)[C@@H]1C=C[C@H](O)C1. The van der Waals surface area contributed by atoms with Gasteiger partial charge in [-0.15, -0.1) is 0 Å². The highest BCUT2D eigenvalue weighted by atomic mass is 32.2. The highest BCUT2D eigenvalue weighted by molar-refractivity contribution is 7.92. The smallest absolute Gasteiger partial charge is 0.184 e. The second-order valence-corrected chi connectivity index (χ2v) is 5.75. The fourth-order valence-corrected chi connectivity index (χ4v) is 3.30. The summed E-state index contributed by atoms with van der Waals surface area (Å²) in [5.74, 6) is 0. The van der Waals surface area contributed by atoms with E-state index in [9.17, 15) is 13.5 Å². The molecule has 0 radical (unpaired) electrons. The maximum atomic E-state index is 12.0. The summed E-state index contributed by atoms with van der Waals surface area (Å²) in [4.78, 5) is 0.314. The third-order valence-electron chi connectivity index (χ3n) is 2.49. The van der Waals surface area contributed by atoms with Gasteiger partial charge in [0, 0.05) is 0 Å². The zero-order valence-corrected chi connectivity index (χ0v) is 8.89. The summed E-state index contributed by atoms with van der Waals surface area (Å²) in [6.07, 6.45) is 2.73.